The highest BCUT2D eigenvalue weighted by molar-refractivity contribution is 7.89. The highest BCUT2D eigenvalue weighted by atomic mass is 32.2. The van der Waals surface area contributed by atoms with Crippen LogP contribution in [0.25, 0.3) is 0 Å². The van der Waals surface area contributed by atoms with Crippen molar-refractivity contribution in [1.29, 1.82) is 0 Å². The molecule has 0 radical (unpaired) electrons. The van der Waals surface area contributed by atoms with Crippen LogP contribution < -0.4 is 15.4 Å². The minimum Gasteiger partial charge on any atom is -0.452 e. The third-order valence-electron chi connectivity index (χ3n) is 2.92. The minimum absolute atomic E-state index is 0.361. The smallest absolute Gasteiger partial charge is 0.321 e. The number of ether oxygens (including phenoxy) is 1. The maximum Gasteiger partial charge on any atom is 0.321 e. The fourth-order valence-electron chi connectivity index (χ4n) is 1.75. The molecule has 0 spiro atoms. The van der Waals surface area contributed by atoms with E-state index in [-0.39, 0.29) is 4.90 Å². The molecule has 3 amide bonds. The SMILES string of the molecule is C[C@H](OC(=O)CNS(=O)(=O)c1cccc(F)c1)C(=O)NC(=O)NC(C)(C)C. The molecule has 0 saturated heterocycles. The van der Waals surface area contributed by atoms with Crippen LogP contribution in [0.15, 0.2) is 29.2 Å². The molecule has 1 aromatic carbocycles. The molecule has 0 aliphatic carbocycles. The Morgan fingerprint density at radius 3 is 2.41 bits per heavy atom. The molecule has 0 unspecified atom stereocenters. The van der Waals surface area contributed by atoms with Gasteiger partial charge in [-0.25, -0.2) is 17.6 Å². The topological polar surface area (TPSA) is 131 Å². The molecule has 0 bridgehead atoms. The van der Waals surface area contributed by atoms with Crippen molar-refractivity contribution in [2.45, 2.75) is 44.2 Å². The van der Waals surface area contributed by atoms with Gasteiger partial charge in [0.25, 0.3) is 5.91 Å². The van der Waals surface area contributed by atoms with Crippen LogP contribution in [0.1, 0.15) is 27.7 Å². The summed E-state index contributed by atoms with van der Waals surface area (Å²) in [6.45, 7) is 5.59. The van der Waals surface area contributed by atoms with Gasteiger partial charge in [0, 0.05) is 5.54 Å². The molecule has 3 N–H and O–H groups in total. The number of carbonyl (C=O) groups excluding carboxylic acids is 3. The number of nitrogens with one attached hydrogen (secondary N) is 3. The summed E-state index contributed by atoms with van der Waals surface area (Å²) in [7, 11) is -4.13. The zero-order valence-corrected chi connectivity index (χ0v) is 16.1. The largest absolute Gasteiger partial charge is 0.452 e. The van der Waals surface area contributed by atoms with Crippen LogP contribution >= 0.6 is 0 Å². The number of carbonyl (C=O) groups is 3. The van der Waals surface area contributed by atoms with Crippen LogP contribution in [-0.4, -0.2) is 44.5 Å². The molecular weight excluding hydrogens is 381 g/mol. The van der Waals surface area contributed by atoms with Crippen molar-refractivity contribution < 1.29 is 31.9 Å². The molecule has 0 saturated carbocycles. The van der Waals surface area contributed by atoms with Gasteiger partial charge in [-0.1, -0.05) is 6.07 Å². The number of hydrogen-bond acceptors (Lipinski definition) is 6. The molecule has 11 heteroatoms. The molecular formula is C16H22FN3O6S. The fourth-order valence-corrected chi connectivity index (χ4v) is 2.75. The second-order valence-electron chi connectivity index (χ2n) is 6.61. The molecule has 0 aromatic heterocycles. The highest BCUT2D eigenvalue weighted by Crippen LogP contribution is 2.10. The zero-order chi connectivity index (χ0) is 20.8. The summed E-state index contributed by atoms with van der Waals surface area (Å²) in [6, 6.07) is 3.46. The molecule has 0 fully saturated rings. The summed E-state index contributed by atoms with van der Waals surface area (Å²) >= 11 is 0. The van der Waals surface area contributed by atoms with Gasteiger partial charge in [0.2, 0.25) is 10.0 Å². The van der Waals surface area contributed by atoms with Crippen molar-refractivity contribution in [1.82, 2.24) is 15.4 Å². The number of halogens is 1. The maximum absolute atomic E-state index is 13.1. The summed E-state index contributed by atoms with van der Waals surface area (Å²) in [6.07, 6.45) is -1.33. The van der Waals surface area contributed by atoms with Crippen LogP contribution in [-0.2, 0) is 24.3 Å². The lowest BCUT2D eigenvalue weighted by molar-refractivity contribution is -0.153. The average Bonchev–Trinajstić information content (AvgIpc) is 2.51. The molecule has 27 heavy (non-hydrogen) atoms. The number of benzene rings is 1. The van der Waals surface area contributed by atoms with Crippen LogP contribution in [0, 0.1) is 5.82 Å². The number of amides is 3. The van der Waals surface area contributed by atoms with Gasteiger partial charge >= 0.3 is 12.0 Å². The first kappa shape index (κ1) is 22.5. The number of rotatable bonds is 6. The average molecular weight is 403 g/mol. The summed E-state index contributed by atoms with van der Waals surface area (Å²) in [5, 5.41) is 4.49. The van der Waals surface area contributed by atoms with E-state index in [0.717, 1.165) is 18.2 Å². The van der Waals surface area contributed by atoms with E-state index >= 15 is 0 Å². The minimum atomic E-state index is -4.13. The van der Waals surface area contributed by atoms with Crippen molar-refractivity contribution in [3.8, 4) is 0 Å². The first-order valence-electron chi connectivity index (χ1n) is 7.88. The molecule has 0 heterocycles. The van der Waals surface area contributed by atoms with E-state index in [4.69, 9.17) is 4.74 Å². The van der Waals surface area contributed by atoms with Crippen molar-refractivity contribution in [3.63, 3.8) is 0 Å². The molecule has 1 atom stereocenters. The quantitative estimate of drug-likeness (QED) is 0.598. The van der Waals surface area contributed by atoms with E-state index < -0.39 is 51.9 Å². The van der Waals surface area contributed by atoms with Crippen molar-refractivity contribution in [2.75, 3.05) is 6.54 Å². The monoisotopic (exact) mass is 403 g/mol. The molecule has 1 aromatic rings. The predicted octanol–water partition coefficient (Wildman–Crippen LogP) is 0.660. The van der Waals surface area contributed by atoms with E-state index in [2.05, 4.69) is 5.32 Å². The van der Waals surface area contributed by atoms with E-state index in [9.17, 15) is 27.2 Å². The van der Waals surface area contributed by atoms with E-state index in [1.807, 2.05) is 10.0 Å². The Hall–Kier alpha value is -2.53. The third kappa shape index (κ3) is 8.13. The van der Waals surface area contributed by atoms with Crippen LogP contribution in [0.3, 0.4) is 0 Å². The predicted molar refractivity (Wildman–Crippen MR) is 93.6 cm³/mol. The summed E-state index contributed by atoms with van der Waals surface area (Å²) in [5.41, 5.74) is -0.570. The van der Waals surface area contributed by atoms with Gasteiger partial charge in [-0.3, -0.25) is 14.9 Å². The van der Waals surface area contributed by atoms with Crippen LogP contribution in [0.2, 0.25) is 0 Å². The lowest BCUT2D eigenvalue weighted by Gasteiger charge is -2.21. The number of sulfonamides is 1. The second kappa shape index (κ2) is 8.91. The number of esters is 1. The van der Waals surface area contributed by atoms with Crippen molar-refractivity contribution in [2.24, 2.45) is 0 Å². The Morgan fingerprint density at radius 2 is 1.85 bits per heavy atom. The molecule has 150 valence electrons. The van der Waals surface area contributed by atoms with Crippen molar-refractivity contribution in [3.05, 3.63) is 30.1 Å². The summed E-state index contributed by atoms with van der Waals surface area (Å²) in [4.78, 5) is 34.8. The van der Waals surface area contributed by atoms with E-state index in [0.29, 0.717) is 0 Å². The first-order valence-corrected chi connectivity index (χ1v) is 9.36. The Bertz CT molecular complexity index is 820. The Balaban J connectivity index is 2.54. The lowest BCUT2D eigenvalue weighted by atomic mass is 10.1. The molecule has 0 aliphatic rings. The molecule has 0 aliphatic heterocycles. The number of imide groups is 1. The molecule has 9 nitrogen and oxygen atoms in total. The second-order valence-corrected chi connectivity index (χ2v) is 8.37. The number of hydrogen-bond donors (Lipinski definition) is 3. The van der Waals surface area contributed by atoms with Gasteiger partial charge < -0.3 is 10.1 Å². The fraction of sp³-hybridized carbons (Fsp3) is 0.438. The Labute approximate surface area is 156 Å². The van der Waals surface area contributed by atoms with Crippen LogP contribution in [0.5, 0.6) is 0 Å². The third-order valence-corrected chi connectivity index (χ3v) is 4.31. The van der Waals surface area contributed by atoms with Gasteiger partial charge in [0.15, 0.2) is 6.10 Å². The summed E-state index contributed by atoms with van der Waals surface area (Å²) in [5.74, 6) is -2.67. The van der Waals surface area contributed by atoms with Gasteiger partial charge in [-0.15, -0.1) is 0 Å². The maximum atomic E-state index is 13.1. The number of urea groups is 1. The van der Waals surface area contributed by atoms with E-state index in [1.54, 1.807) is 20.8 Å². The standard InChI is InChI=1S/C16H22FN3O6S/c1-10(14(22)19-15(23)20-16(2,3)4)26-13(21)9-18-27(24,25)12-7-5-6-11(17)8-12/h5-8,10,18H,9H2,1-4H3,(H2,19,20,22,23)/t10-/m0/s1. The highest BCUT2D eigenvalue weighted by Gasteiger charge is 2.23. The molecule has 1 rings (SSSR count). The van der Waals surface area contributed by atoms with Gasteiger partial charge in [-0.05, 0) is 45.9 Å². The van der Waals surface area contributed by atoms with Crippen LogP contribution in [0.4, 0.5) is 9.18 Å². The van der Waals surface area contributed by atoms with Gasteiger partial charge in [0.1, 0.15) is 12.4 Å². The normalized spacial score (nSPS) is 12.8. The van der Waals surface area contributed by atoms with Crippen molar-refractivity contribution >= 4 is 27.9 Å². The van der Waals surface area contributed by atoms with E-state index in [1.165, 1.54) is 13.0 Å². The Kier molecular flexibility index (Phi) is 7.43. The first-order chi connectivity index (χ1) is 12.3. The lowest BCUT2D eigenvalue weighted by Crippen LogP contribution is -2.50. The zero-order valence-electron chi connectivity index (χ0n) is 15.3. The Morgan fingerprint density at radius 1 is 1.22 bits per heavy atom. The summed E-state index contributed by atoms with van der Waals surface area (Å²) < 4.78 is 43.7. The van der Waals surface area contributed by atoms with Gasteiger partial charge in [0.05, 0.1) is 4.90 Å². The van der Waals surface area contributed by atoms with Gasteiger partial charge in [-0.2, -0.15) is 4.72 Å².